The Morgan fingerprint density at radius 1 is 1.53 bits per heavy atom. The molecule has 2 atom stereocenters. The van der Waals surface area contributed by atoms with Gasteiger partial charge in [-0.2, -0.15) is 0 Å². The number of hydrogen-bond acceptors (Lipinski definition) is 4. The van der Waals surface area contributed by atoms with Gasteiger partial charge in [0.2, 0.25) is 5.91 Å². The molecule has 0 saturated heterocycles. The van der Waals surface area contributed by atoms with Crippen LogP contribution in [0, 0.1) is 5.82 Å². The van der Waals surface area contributed by atoms with Crippen molar-refractivity contribution in [3.05, 3.63) is 28.5 Å². The predicted molar refractivity (Wildman–Crippen MR) is 70.1 cm³/mol. The maximum absolute atomic E-state index is 13.2. The number of benzene rings is 1. The summed E-state index contributed by atoms with van der Waals surface area (Å²) < 4.78 is 13.2. The van der Waals surface area contributed by atoms with Crippen LogP contribution in [-0.4, -0.2) is 28.8 Å². The summed E-state index contributed by atoms with van der Waals surface area (Å²) in [6, 6.07) is 2.05. The van der Waals surface area contributed by atoms with Crippen molar-refractivity contribution >= 4 is 23.2 Å². The second-order valence-corrected chi connectivity index (χ2v) is 4.58. The van der Waals surface area contributed by atoms with Crippen molar-refractivity contribution in [3.8, 4) is 0 Å². The van der Waals surface area contributed by atoms with Gasteiger partial charge in [0, 0.05) is 19.0 Å². The lowest BCUT2D eigenvalue weighted by molar-refractivity contribution is -0.119. The van der Waals surface area contributed by atoms with Gasteiger partial charge in [-0.1, -0.05) is 11.6 Å². The molecule has 0 spiro atoms. The summed E-state index contributed by atoms with van der Waals surface area (Å²) in [7, 11) is 0. The molecule has 0 bridgehead atoms. The fraction of sp³-hybridized carbons (Fsp3) is 0.417. The second kappa shape index (κ2) is 6.70. The van der Waals surface area contributed by atoms with Gasteiger partial charge >= 0.3 is 0 Å². The van der Waals surface area contributed by atoms with Crippen LogP contribution in [0.4, 0.5) is 10.1 Å². The third-order valence-electron chi connectivity index (χ3n) is 2.62. The quantitative estimate of drug-likeness (QED) is 0.608. The Bertz CT molecular complexity index is 471. The van der Waals surface area contributed by atoms with Crippen molar-refractivity contribution < 1.29 is 19.4 Å². The van der Waals surface area contributed by atoms with E-state index in [1.807, 2.05) is 0 Å². The van der Waals surface area contributed by atoms with E-state index in [0.29, 0.717) is 0 Å². The van der Waals surface area contributed by atoms with Gasteiger partial charge in [-0.05, 0) is 18.6 Å². The van der Waals surface area contributed by atoms with Crippen LogP contribution in [0.15, 0.2) is 12.1 Å². The highest BCUT2D eigenvalue weighted by Gasteiger charge is 2.22. The van der Waals surface area contributed by atoms with Crippen molar-refractivity contribution in [1.82, 2.24) is 5.32 Å². The number of aliphatic hydroxyl groups is 2. The van der Waals surface area contributed by atoms with E-state index in [2.05, 4.69) is 5.32 Å². The van der Waals surface area contributed by atoms with Gasteiger partial charge in [-0.3, -0.25) is 4.79 Å². The van der Waals surface area contributed by atoms with Crippen molar-refractivity contribution in [2.45, 2.75) is 25.6 Å². The lowest BCUT2D eigenvalue weighted by Crippen LogP contribution is -2.28. The molecule has 0 radical (unpaired) electrons. The molecule has 2 unspecified atom stereocenters. The van der Waals surface area contributed by atoms with Gasteiger partial charge in [0.1, 0.15) is 11.9 Å². The van der Waals surface area contributed by atoms with Crippen LogP contribution in [0.5, 0.6) is 0 Å². The first kappa shape index (κ1) is 15.7. The molecule has 0 heterocycles. The molecule has 1 aromatic rings. The van der Waals surface area contributed by atoms with Crippen LogP contribution in [0.1, 0.15) is 25.0 Å². The first-order valence-electron chi connectivity index (χ1n) is 5.68. The van der Waals surface area contributed by atoms with Crippen molar-refractivity contribution in [2.75, 3.05) is 12.3 Å². The molecular weight excluding hydrogens is 275 g/mol. The molecule has 0 aliphatic carbocycles. The average Bonchev–Trinajstić information content (AvgIpc) is 2.32. The normalized spacial score (nSPS) is 13.9. The molecule has 1 rings (SSSR count). The number of amides is 1. The maximum atomic E-state index is 13.2. The van der Waals surface area contributed by atoms with Gasteiger partial charge in [-0.15, -0.1) is 0 Å². The number of hydrogen-bond donors (Lipinski definition) is 4. The highest BCUT2D eigenvalue weighted by molar-refractivity contribution is 6.33. The minimum absolute atomic E-state index is 0.0224. The highest BCUT2D eigenvalue weighted by atomic mass is 35.5. The van der Waals surface area contributed by atoms with Gasteiger partial charge < -0.3 is 21.3 Å². The number of halogens is 2. The van der Waals surface area contributed by atoms with Gasteiger partial charge in [0.05, 0.1) is 16.8 Å². The van der Waals surface area contributed by atoms with Crippen LogP contribution in [0.3, 0.4) is 0 Å². The first-order valence-corrected chi connectivity index (χ1v) is 6.05. The first-order chi connectivity index (χ1) is 8.82. The average molecular weight is 291 g/mol. The summed E-state index contributed by atoms with van der Waals surface area (Å²) in [5.74, 6) is -0.891. The number of nitrogens with one attached hydrogen (secondary N) is 1. The molecule has 19 heavy (non-hydrogen) atoms. The van der Waals surface area contributed by atoms with Crippen molar-refractivity contribution in [3.63, 3.8) is 0 Å². The molecule has 0 saturated carbocycles. The SMILES string of the molecule is CC(=O)NCCC(O)C(O)c1cc(F)cc(Cl)c1N. The van der Waals surface area contributed by atoms with Gasteiger partial charge in [0.15, 0.2) is 0 Å². The van der Waals surface area contributed by atoms with Gasteiger partial charge in [0.25, 0.3) is 0 Å². The van der Waals surface area contributed by atoms with E-state index in [1.54, 1.807) is 0 Å². The molecule has 5 N–H and O–H groups in total. The third kappa shape index (κ3) is 4.34. The molecular formula is C12H16ClFN2O3. The number of carbonyl (C=O) groups excluding carboxylic acids is 1. The zero-order valence-corrected chi connectivity index (χ0v) is 11.1. The standard InChI is InChI=1S/C12H16ClFN2O3/c1-6(17)16-3-2-10(18)12(19)8-4-7(14)5-9(13)11(8)15/h4-5,10,12,18-19H,2-3,15H2,1H3,(H,16,17). The van der Waals surface area contributed by atoms with Crippen molar-refractivity contribution in [1.29, 1.82) is 0 Å². The Balaban J connectivity index is 2.76. The van der Waals surface area contributed by atoms with Crippen LogP contribution in [-0.2, 0) is 4.79 Å². The summed E-state index contributed by atoms with van der Waals surface area (Å²) in [5, 5.41) is 22.1. The zero-order chi connectivity index (χ0) is 14.6. The minimum Gasteiger partial charge on any atom is -0.397 e. The summed E-state index contributed by atoms with van der Waals surface area (Å²) >= 11 is 5.70. The molecule has 0 aliphatic heterocycles. The number of carbonyl (C=O) groups is 1. The zero-order valence-electron chi connectivity index (χ0n) is 10.4. The Labute approximate surface area is 115 Å². The van der Waals surface area contributed by atoms with Crippen LogP contribution >= 0.6 is 11.6 Å². The van der Waals surface area contributed by atoms with Crippen molar-refractivity contribution in [2.24, 2.45) is 0 Å². The predicted octanol–water partition coefficient (Wildman–Crippen LogP) is 0.982. The fourth-order valence-corrected chi connectivity index (χ4v) is 1.82. The Hall–Kier alpha value is -1.37. The number of rotatable bonds is 5. The molecule has 0 aliphatic rings. The number of nitrogen functional groups attached to an aromatic ring is 1. The highest BCUT2D eigenvalue weighted by Crippen LogP contribution is 2.31. The maximum Gasteiger partial charge on any atom is 0.216 e. The monoisotopic (exact) mass is 290 g/mol. The minimum atomic E-state index is -1.37. The lowest BCUT2D eigenvalue weighted by Gasteiger charge is -2.20. The van der Waals surface area contributed by atoms with E-state index in [9.17, 15) is 19.4 Å². The molecule has 1 aromatic carbocycles. The molecule has 7 heteroatoms. The summed E-state index contributed by atoms with van der Waals surface area (Å²) in [5.41, 5.74) is 5.68. The molecule has 0 aromatic heterocycles. The van der Waals surface area contributed by atoms with Gasteiger partial charge in [-0.25, -0.2) is 4.39 Å². The van der Waals surface area contributed by atoms with Crippen LogP contribution in [0.2, 0.25) is 5.02 Å². The summed E-state index contributed by atoms with van der Waals surface area (Å²) in [6.45, 7) is 1.53. The largest absolute Gasteiger partial charge is 0.397 e. The Morgan fingerprint density at radius 3 is 2.74 bits per heavy atom. The summed E-state index contributed by atoms with van der Waals surface area (Å²) in [6.07, 6.45) is -2.46. The fourth-order valence-electron chi connectivity index (χ4n) is 1.61. The van der Waals surface area contributed by atoms with E-state index in [1.165, 1.54) is 6.92 Å². The Kier molecular flexibility index (Phi) is 5.53. The van der Waals surface area contributed by atoms with E-state index in [-0.39, 0.29) is 35.1 Å². The van der Waals surface area contributed by atoms with Crippen LogP contribution in [0.25, 0.3) is 0 Å². The molecule has 5 nitrogen and oxygen atoms in total. The summed E-state index contributed by atoms with van der Waals surface area (Å²) in [4.78, 5) is 10.7. The van der Waals surface area contributed by atoms with E-state index in [0.717, 1.165) is 12.1 Å². The topological polar surface area (TPSA) is 95.6 Å². The van der Waals surface area contributed by atoms with Crippen LogP contribution < -0.4 is 11.1 Å². The lowest BCUT2D eigenvalue weighted by atomic mass is 10.0. The third-order valence-corrected chi connectivity index (χ3v) is 2.94. The van der Waals surface area contributed by atoms with E-state index < -0.39 is 18.0 Å². The smallest absolute Gasteiger partial charge is 0.216 e. The number of anilines is 1. The molecule has 0 fully saturated rings. The molecule has 106 valence electrons. The second-order valence-electron chi connectivity index (χ2n) is 4.17. The Morgan fingerprint density at radius 2 is 2.16 bits per heavy atom. The molecule has 1 amide bonds. The number of nitrogens with two attached hydrogens (primary N) is 1. The van der Waals surface area contributed by atoms with E-state index in [4.69, 9.17) is 17.3 Å². The number of aliphatic hydroxyl groups excluding tert-OH is 2. The van der Waals surface area contributed by atoms with E-state index >= 15 is 0 Å².